The molecule has 1 N–H and O–H groups in total. The summed E-state index contributed by atoms with van der Waals surface area (Å²) in [6, 6.07) is -0.675. The van der Waals surface area contributed by atoms with Gasteiger partial charge in [0.25, 0.3) is 0 Å². The van der Waals surface area contributed by atoms with Crippen LogP contribution >= 0.6 is 0 Å². The van der Waals surface area contributed by atoms with E-state index >= 15 is 0 Å². The molecule has 0 spiro atoms. The monoisotopic (exact) mass is 241 g/mol. The first-order valence-electron chi connectivity index (χ1n) is 6.57. The Morgan fingerprint density at radius 3 is 2.18 bits per heavy atom. The van der Waals surface area contributed by atoms with Gasteiger partial charge in [0, 0.05) is 13.0 Å². The highest BCUT2D eigenvalue weighted by atomic mass is 16.4. The predicted octanol–water partition coefficient (Wildman–Crippen LogP) is 2.28. The molecule has 1 unspecified atom stereocenters. The first-order chi connectivity index (χ1) is 8.07. The first kappa shape index (κ1) is 14.0. The fraction of sp³-hybridized carbons (Fsp3) is 0.846. The quantitative estimate of drug-likeness (QED) is 0.768. The molecular weight excluding hydrogens is 218 g/mol. The standard InChI is InChI=1S/C13H23NO3/c1-3-11(13(16)17)14(2)12(15)10-8-6-4-5-7-9-10/h10-11H,3-9H2,1-2H3,(H,16,17). The van der Waals surface area contributed by atoms with Gasteiger partial charge in [0.2, 0.25) is 5.91 Å². The van der Waals surface area contributed by atoms with E-state index in [1.807, 2.05) is 0 Å². The van der Waals surface area contributed by atoms with Crippen LogP contribution in [0.25, 0.3) is 0 Å². The van der Waals surface area contributed by atoms with Crippen molar-refractivity contribution in [2.45, 2.75) is 57.9 Å². The minimum atomic E-state index is -0.906. The highest BCUT2D eigenvalue weighted by molar-refractivity contribution is 5.84. The van der Waals surface area contributed by atoms with Crippen LogP contribution in [0.4, 0.5) is 0 Å². The van der Waals surface area contributed by atoms with Crippen molar-refractivity contribution in [2.24, 2.45) is 5.92 Å². The van der Waals surface area contributed by atoms with Crippen LogP contribution in [-0.2, 0) is 9.59 Å². The highest BCUT2D eigenvalue weighted by Crippen LogP contribution is 2.25. The molecule has 17 heavy (non-hydrogen) atoms. The first-order valence-corrected chi connectivity index (χ1v) is 6.57. The molecule has 1 rings (SSSR count). The van der Waals surface area contributed by atoms with Crippen LogP contribution in [0.3, 0.4) is 0 Å². The van der Waals surface area contributed by atoms with E-state index in [1.165, 1.54) is 17.7 Å². The number of hydrogen-bond donors (Lipinski definition) is 1. The Morgan fingerprint density at radius 2 is 1.76 bits per heavy atom. The van der Waals surface area contributed by atoms with Gasteiger partial charge in [-0.15, -0.1) is 0 Å². The lowest BCUT2D eigenvalue weighted by molar-refractivity contribution is -0.151. The van der Waals surface area contributed by atoms with Gasteiger partial charge in [0.15, 0.2) is 0 Å². The topological polar surface area (TPSA) is 57.6 Å². The van der Waals surface area contributed by atoms with Gasteiger partial charge in [-0.25, -0.2) is 4.79 Å². The van der Waals surface area contributed by atoms with E-state index in [0.29, 0.717) is 6.42 Å². The SMILES string of the molecule is CCC(C(=O)O)N(C)C(=O)C1CCCCCC1. The summed E-state index contributed by atoms with van der Waals surface area (Å²) in [4.78, 5) is 24.7. The average Bonchev–Trinajstić information content (AvgIpc) is 2.56. The number of rotatable bonds is 4. The molecule has 1 amide bonds. The lowest BCUT2D eigenvalue weighted by atomic mass is 9.98. The molecule has 0 aromatic carbocycles. The third-order valence-electron chi connectivity index (χ3n) is 3.69. The molecule has 0 bridgehead atoms. The summed E-state index contributed by atoms with van der Waals surface area (Å²) >= 11 is 0. The molecule has 0 aliphatic heterocycles. The van der Waals surface area contributed by atoms with Crippen LogP contribution in [0.2, 0.25) is 0 Å². The van der Waals surface area contributed by atoms with Crippen molar-refractivity contribution in [1.29, 1.82) is 0 Å². The fourth-order valence-electron chi connectivity index (χ4n) is 2.58. The zero-order valence-corrected chi connectivity index (χ0v) is 10.8. The molecule has 98 valence electrons. The van der Waals surface area contributed by atoms with Gasteiger partial charge < -0.3 is 10.0 Å². The molecule has 0 heterocycles. The summed E-state index contributed by atoms with van der Waals surface area (Å²) in [5.74, 6) is -0.853. The Labute approximate surface area is 103 Å². The zero-order chi connectivity index (χ0) is 12.8. The Hall–Kier alpha value is -1.06. The second-order valence-electron chi connectivity index (χ2n) is 4.90. The molecule has 1 aliphatic rings. The smallest absolute Gasteiger partial charge is 0.326 e. The van der Waals surface area contributed by atoms with Crippen LogP contribution in [0.15, 0.2) is 0 Å². The number of amides is 1. The molecule has 1 aliphatic carbocycles. The van der Waals surface area contributed by atoms with E-state index in [-0.39, 0.29) is 11.8 Å². The second-order valence-corrected chi connectivity index (χ2v) is 4.90. The number of carbonyl (C=O) groups excluding carboxylic acids is 1. The summed E-state index contributed by atoms with van der Waals surface area (Å²) in [6.45, 7) is 1.80. The van der Waals surface area contributed by atoms with Crippen molar-refractivity contribution in [3.63, 3.8) is 0 Å². The molecule has 1 fully saturated rings. The van der Waals surface area contributed by atoms with E-state index in [0.717, 1.165) is 25.7 Å². The Morgan fingerprint density at radius 1 is 1.24 bits per heavy atom. The minimum absolute atomic E-state index is 0.0150. The van der Waals surface area contributed by atoms with Crippen LogP contribution in [0.5, 0.6) is 0 Å². The van der Waals surface area contributed by atoms with Gasteiger partial charge in [-0.05, 0) is 19.3 Å². The molecular formula is C13H23NO3. The van der Waals surface area contributed by atoms with E-state index in [9.17, 15) is 9.59 Å². The summed E-state index contributed by atoms with van der Waals surface area (Å²) in [7, 11) is 1.62. The van der Waals surface area contributed by atoms with E-state index in [1.54, 1.807) is 14.0 Å². The molecule has 1 saturated carbocycles. The Bertz CT molecular complexity index is 270. The van der Waals surface area contributed by atoms with E-state index < -0.39 is 12.0 Å². The maximum atomic E-state index is 12.2. The Kier molecular flexibility index (Phi) is 5.45. The van der Waals surface area contributed by atoms with Gasteiger partial charge in [-0.1, -0.05) is 32.6 Å². The fourth-order valence-corrected chi connectivity index (χ4v) is 2.58. The average molecular weight is 241 g/mol. The molecule has 0 radical (unpaired) electrons. The van der Waals surface area contributed by atoms with E-state index in [4.69, 9.17) is 5.11 Å². The number of carboxylic acid groups (broad SMARTS) is 1. The summed E-state index contributed by atoms with van der Waals surface area (Å²) < 4.78 is 0. The summed E-state index contributed by atoms with van der Waals surface area (Å²) in [5, 5.41) is 9.05. The van der Waals surface area contributed by atoms with Gasteiger partial charge in [-0.2, -0.15) is 0 Å². The molecule has 4 heteroatoms. The van der Waals surface area contributed by atoms with Crippen molar-refractivity contribution in [2.75, 3.05) is 7.05 Å². The molecule has 0 aromatic rings. The van der Waals surface area contributed by atoms with Gasteiger partial charge in [-0.3, -0.25) is 4.79 Å². The van der Waals surface area contributed by atoms with E-state index in [2.05, 4.69) is 0 Å². The molecule has 0 saturated heterocycles. The molecule has 0 aromatic heterocycles. The predicted molar refractivity (Wildman–Crippen MR) is 65.7 cm³/mol. The largest absolute Gasteiger partial charge is 0.480 e. The number of carbonyl (C=O) groups is 2. The second kappa shape index (κ2) is 6.62. The van der Waals surface area contributed by atoms with Crippen molar-refractivity contribution < 1.29 is 14.7 Å². The number of carboxylic acids is 1. The van der Waals surface area contributed by atoms with Gasteiger partial charge in [0.05, 0.1) is 0 Å². The van der Waals surface area contributed by atoms with Gasteiger partial charge >= 0.3 is 5.97 Å². The van der Waals surface area contributed by atoms with Crippen LogP contribution in [-0.4, -0.2) is 35.0 Å². The maximum absolute atomic E-state index is 12.2. The lowest BCUT2D eigenvalue weighted by Gasteiger charge is -2.27. The Balaban J connectivity index is 2.63. The number of hydrogen-bond acceptors (Lipinski definition) is 2. The summed E-state index contributed by atoms with van der Waals surface area (Å²) in [5.41, 5.74) is 0. The molecule has 1 atom stereocenters. The third kappa shape index (κ3) is 3.72. The lowest BCUT2D eigenvalue weighted by Crippen LogP contribution is -2.44. The summed E-state index contributed by atoms with van der Waals surface area (Å²) in [6.07, 6.45) is 6.87. The maximum Gasteiger partial charge on any atom is 0.326 e. The van der Waals surface area contributed by atoms with Crippen molar-refractivity contribution in [3.05, 3.63) is 0 Å². The van der Waals surface area contributed by atoms with Crippen molar-refractivity contribution in [1.82, 2.24) is 4.90 Å². The minimum Gasteiger partial charge on any atom is -0.480 e. The van der Waals surface area contributed by atoms with Crippen LogP contribution in [0.1, 0.15) is 51.9 Å². The number of aliphatic carboxylic acids is 1. The third-order valence-corrected chi connectivity index (χ3v) is 3.69. The zero-order valence-electron chi connectivity index (χ0n) is 10.8. The number of nitrogens with zero attached hydrogens (tertiary/aromatic N) is 1. The molecule has 4 nitrogen and oxygen atoms in total. The van der Waals surface area contributed by atoms with Crippen molar-refractivity contribution >= 4 is 11.9 Å². The normalized spacial score (nSPS) is 19.4. The van der Waals surface area contributed by atoms with Crippen LogP contribution < -0.4 is 0 Å². The highest BCUT2D eigenvalue weighted by Gasteiger charge is 2.29. The van der Waals surface area contributed by atoms with Gasteiger partial charge in [0.1, 0.15) is 6.04 Å². The van der Waals surface area contributed by atoms with Crippen LogP contribution in [0, 0.1) is 5.92 Å². The number of likely N-dealkylation sites (N-methyl/N-ethyl adjacent to an activating group) is 1. The van der Waals surface area contributed by atoms with Crippen molar-refractivity contribution in [3.8, 4) is 0 Å².